The van der Waals surface area contributed by atoms with Gasteiger partial charge in [0.1, 0.15) is 4.90 Å². The Labute approximate surface area is 178 Å². The van der Waals surface area contributed by atoms with Crippen molar-refractivity contribution >= 4 is 38.1 Å². The zero-order valence-corrected chi connectivity index (χ0v) is 17.5. The third-order valence-electron chi connectivity index (χ3n) is 5.45. The largest absolute Gasteiger partial charge is 0.397 e. The fraction of sp³-hybridized carbons (Fsp3) is 0.182. The highest BCUT2D eigenvalue weighted by molar-refractivity contribution is 7.92. The Balaban J connectivity index is 1.54. The molecule has 1 aliphatic rings. The number of hydrogen-bond donors (Lipinski definition) is 3. The molecule has 4 N–H and O–H groups in total. The van der Waals surface area contributed by atoms with Gasteiger partial charge in [0.05, 0.1) is 27.8 Å². The van der Waals surface area contributed by atoms with E-state index in [0.717, 1.165) is 22.0 Å². The van der Waals surface area contributed by atoms with E-state index >= 15 is 4.39 Å². The van der Waals surface area contributed by atoms with Crippen molar-refractivity contribution in [3.8, 4) is 11.3 Å². The van der Waals surface area contributed by atoms with E-state index in [9.17, 15) is 8.42 Å². The van der Waals surface area contributed by atoms with Gasteiger partial charge in [-0.15, -0.1) is 0 Å². The number of H-pyrrole nitrogens is 1. The molecule has 0 spiro atoms. The Morgan fingerprint density at radius 2 is 1.97 bits per heavy atom. The van der Waals surface area contributed by atoms with Crippen molar-refractivity contribution in [2.24, 2.45) is 0 Å². The number of aromatic amines is 1. The van der Waals surface area contributed by atoms with Gasteiger partial charge in [0, 0.05) is 23.3 Å². The van der Waals surface area contributed by atoms with Gasteiger partial charge in [-0.1, -0.05) is 18.2 Å². The SMILES string of the molecule is Cc1cnc(Nc2cccc(S(=O)(=O)C3CC3)c2F)nc1-c1c[nH]c2c(N)cccc12. The number of nitrogen functional groups attached to an aromatic ring is 1. The molecule has 0 unspecified atom stereocenters. The molecule has 0 atom stereocenters. The quantitative estimate of drug-likeness (QED) is 0.400. The summed E-state index contributed by atoms with van der Waals surface area (Å²) in [5, 5.41) is 3.26. The summed E-state index contributed by atoms with van der Waals surface area (Å²) in [4.78, 5) is 11.7. The van der Waals surface area contributed by atoms with Crippen LogP contribution >= 0.6 is 0 Å². The van der Waals surface area contributed by atoms with Crippen LogP contribution in [0.25, 0.3) is 22.2 Å². The second kappa shape index (κ2) is 7.05. The summed E-state index contributed by atoms with van der Waals surface area (Å²) in [6, 6.07) is 9.90. The lowest BCUT2D eigenvalue weighted by Gasteiger charge is -2.12. The highest BCUT2D eigenvalue weighted by Crippen LogP contribution is 2.37. The van der Waals surface area contributed by atoms with E-state index in [0.29, 0.717) is 24.2 Å². The minimum atomic E-state index is -3.66. The van der Waals surface area contributed by atoms with Gasteiger partial charge in [0.2, 0.25) is 5.95 Å². The molecule has 0 bridgehead atoms. The molecule has 0 saturated heterocycles. The number of rotatable bonds is 5. The van der Waals surface area contributed by atoms with Crippen molar-refractivity contribution < 1.29 is 12.8 Å². The number of aryl methyl sites for hydroxylation is 1. The molecule has 0 amide bonds. The van der Waals surface area contributed by atoms with E-state index in [1.54, 1.807) is 6.20 Å². The van der Waals surface area contributed by atoms with Crippen LogP contribution < -0.4 is 11.1 Å². The standard InChI is InChI=1S/C22H20FN5O2S/c1-12-10-26-22(28-20(12)15-11-25-21-14(15)4-2-5-16(21)24)27-17-6-3-7-18(19(17)23)31(29,30)13-8-9-13/h2-7,10-11,13,25H,8-9,24H2,1H3,(H,26,27,28). The maximum atomic E-state index is 15.0. The highest BCUT2D eigenvalue weighted by atomic mass is 32.2. The summed E-state index contributed by atoms with van der Waals surface area (Å²) in [7, 11) is -3.66. The molecule has 1 saturated carbocycles. The number of nitrogens with two attached hydrogens (primary N) is 1. The molecular weight excluding hydrogens is 417 g/mol. The van der Waals surface area contributed by atoms with E-state index in [-0.39, 0.29) is 16.5 Å². The number of sulfone groups is 1. The van der Waals surface area contributed by atoms with Crippen molar-refractivity contribution in [3.63, 3.8) is 0 Å². The Hall–Kier alpha value is -3.46. The van der Waals surface area contributed by atoms with Gasteiger partial charge in [-0.3, -0.25) is 0 Å². The van der Waals surface area contributed by atoms with Gasteiger partial charge in [0.25, 0.3) is 0 Å². The van der Waals surface area contributed by atoms with Gasteiger partial charge >= 0.3 is 0 Å². The average molecular weight is 438 g/mol. The molecule has 1 fully saturated rings. The lowest BCUT2D eigenvalue weighted by atomic mass is 10.1. The lowest BCUT2D eigenvalue weighted by molar-refractivity contribution is 0.568. The number of aromatic nitrogens is 3. The van der Waals surface area contributed by atoms with Crippen molar-refractivity contribution in [2.75, 3.05) is 11.1 Å². The first-order valence-electron chi connectivity index (χ1n) is 9.85. The first-order chi connectivity index (χ1) is 14.9. The second-order valence-electron chi connectivity index (χ2n) is 7.68. The van der Waals surface area contributed by atoms with E-state index < -0.39 is 20.9 Å². The minimum absolute atomic E-state index is 0.0136. The Kier molecular flexibility index (Phi) is 4.44. The molecular formula is C22H20FN5O2S. The zero-order chi connectivity index (χ0) is 21.8. The summed E-state index contributed by atoms with van der Waals surface area (Å²) in [6.45, 7) is 1.88. The highest BCUT2D eigenvalue weighted by Gasteiger charge is 2.38. The third kappa shape index (κ3) is 3.31. The number of para-hydroxylation sites is 1. The Morgan fingerprint density at radius 1 is 1.19 bits per heavy atom. The van der Waals surface area contributed by atoms with Crippen LogP contribution in [0.5, 0.6) is 0 Å². The van der Waals surface area contributed by atoms with E-state index in [2.05, 4.69) is 20.3 Å². The van der Waals surface area contributed by atoms with Crippen molar-refractivity contribution in [1.29, 1.82) is 0 Å². The van der Waals surface area contributed by atoms with Crippen molar-refractivity contribution in [2.45, 2.75) is 29.9 Å². The van der Waals surface area contributed by atoms with E-state index in [4.69, 9.17) is 5.73 Å². The van der Waals surface area contributed by atoms with Gasteiger partial charge in [-0.05, 0) is 43.5 Å². The van der Waals surface area contributed by atoms with Crippen LogP contribution in [0, 0.1) is 12.7 Å². The summed E-state index contributed by atoms with van der Waals surface area (Å²) >= 11 is 0. The van der Waals surface area contributed by atoms with Gasteiger partial charge in [-0.2, -0.15) is 0 Å². The van der Waals surface area contributed by atoms with Gasteiger partial charge < -0.3 is 16.0 Å². The Morgan fingerprint density at radius 3 is 2.74 bits per heavy atom. The molecule has 0 radical (unpaired) electrons. The lowest BCUT2D eigenvalue weighted by Crippen LogP contribution is -2.11. The summed E-state index contributed by atoms with van der Waals surface area (Å²) in [5.41, 5.74) is 9.84. The molecule has 31 heavy (non-hydrogen) atoms. The molecule has 2 aromatic carbocycles. The number of nitrogens with one attached hydrogen (secondary N) is 2. The fourth-order valence-corrected chi connectivity index (χ4v) is 5.40. The molecule has 1 aliphatic carbocycles. The van der Waals surface area contributed by atoms with Crippen molar-refractivity contribution in [1.82, 2.24) is 15.0 Å². The molecule has 9 heteroatoms. The van der Waals surface area contributed by atoms with Crippen LogP contribution in [0.3, 0.4) is 0 Å². The van der Waals surface area contributed by atoms with Crippen LogP contribution in [0.15, 0.2) is 53.7 Å². The normalized spacial score (nSPS) is 14.1. The number of fused-ring (bicyclic) bond motifs is 1. The molecule has 7 nitrogen and oxygen atoms in total. The van der Waals surface area contributed by atoms with Crippen LogP contribution in [0.4, 0.5) is 21.7 Å². The van der Waals surface area contributed by atoms with E-state index in [1.165, 1.54) is 18.2 Å². The molecule has 4 aromatic rings. The van der Waals surface area contributed by atoms with Crippen LogP contribution in [0.2, 0.25) is 0 Å². The third-order valence-corrected chi connectivity index (χ3v) is 7.73. The zero-order valence-electron chi connectivity index (χ0n) is 16.7. The smallest absolute Gasteiger partial charge is 0.227 e. The maximum Gasteiger partial charge on any atom is 0.227 e. The number of benzene rings is 2. The maximum absolute atomic E-state index is 15.0. The topological polar surface area (TPSA) is 114 Å². The van der Waals surface area contributed by atoms with Crippen molar-refractivity contribution in [3.05, 3.63) is 60.2 Å². The minimum Gasteiger partial charge on any atom is -0.397 e. The van der Waals surface area contributed by atoms with Crippen LogP contribution in [-0.2, 0) is 9.84 Å². The number of nitrogens with zero attached hydrogens (tertiary/aromatic N) is 2. The number of anilines is 3. The Bertz CT molecular complexity index is 1430. The summed E-state index contributed by atoms with van der Waals surface area (Å²) in [6.07, 6.45) is 4.60. The molecule has 2 aromatic heterocycles. The molecule has 2 heterocycles. The molecule has 5 rings (SSSR count). The van der Waals surface area contributed by atoms with Crippen LogP contribution in [0.1, 0.15) is 18.4 Å². The first-order valence-corrected chi connectivity index (χ1v) is 11.4. The summed E-state index contributed by atoms with van der Waals surface area (Å²) < 4.78 is 40.1. The van der Waals surface area contributed by atoms with Crippen LogP contribution in [-0.4, -0.2) is 28.6 Å². The van der Waals surface area contributed by atoms with Gasteiger partial charge in [-0.25, -0.2) is 22.8 Å². The number of halogens is 1. The average Bonchev–Trinajstić information content (AvgIpc) is 3.52. The fourth-order valence-electron chi connectivity index (χ4n) is 3.65. The second-order valence-corrected chi connectivity index (χ2v) is 9.88. The molecule has 158 valence electrons. The number of hydrogen-bond acceptors (Lipinski definition) is 6. The van der Waals surface area contributed by atoms with E-state index in [1.807, 2.05) is 31.3 Å². The van der Waals surface area contributed by atoms with Gasteiger partial charge in [0.15, 0.2) is 15.7 Å². The molecule has 0 aliphatic heterocycles. The first kappa shape index (κ1) is 19.5. The monoisotopic (exact) mass is 437 g/mol. The predicted molar refractivity (Wildman–Crippen MR) is 118 cm³/mol. The summed E-state index contributed by atoms with van der Waals surface area (Å²) in [5.74, 6) is -0.654. The predicted octanol–water partition coefficient (Wildman–Crippen LogP) is 4.33.